The molecule has 0 unspecified atom stereocenters. The summed E-state index contributed by atoms with van der Waals surface area (Å²) >= 11 is 5.98. The summed E-state index contributed by atoms with van der Waals surface area (Å²) in [4.78, 5) is 0. The van der Waals surface area contributed by atoms with E-state index in [0.717, 1.165) is 35.5 Å². The van der Waals surface area contributed by atoms with Gasteiger partial charge in [0.05, 0.1) is 0 Å². The van der Waals surface area contributed by atoms with Gasteiger partial charge >= 0.3 is 0 Å². The predicted octanol–water partition coefficient (Wildman–Crippen LogP) is 2.85. The Kier molecular flexibility index (Phi) is 4.33. The maximum absolute atomic E-state index is 5.98. The van der Waals surface area contributed by atoms with Gasteiger partial charge in [0.15, 0.2) is 0 Å². The first kappa shape index (κ1) is 13.1. The number of hydrogen-bond acceptors (Lipinski definition) is 4. The Balaban J connectivity index is 2.11. The van der Waals surface area contributed by atoms with Gasteiger partial charge in [0.1, 0.15) is 0 Å². The van der Waals surface area contributed by atoms with Crippen molar-refractivity contribution < 1.29 is 4.42 Å². The van der Waals surface area contributed by atoms with Crippen LogP contribution in [0.4, 0.5) is 0 Å². The van der Waals surface area contributed by atoms with Crippen molar-refractivity contribution >= 4 is 11.6 Å². The van der Waals surface area contributed by atoms with E-state index in [2.05, 4.69) is 15.5 Å². The second-order valence-electron chi connectivity index (χ2n) is 4.17. The third-order valence-corrected chi connectivity index (χ3v) is 3.11. The Labute approximate surface area is 111 Å². The van der Waals surface area contributed by atoms with E-state index in [4.69, 9.17) is 16.0 Å². The van der Waals surface area contributed by atoms with Crippen LogP contribution in [0, 0.1) is 6.92 Å². The summed E-state index contributed by atoms with van der Waals surface area (Å²) in [5.41, 5.74) is 1.91. The zero-order valence-electron chi connectivity index (χ0n) is 10.5. The second-order valence-corrected chi connectivity index (χ2v) is 4.58. The molecule has 0 bridgehead atoms. The Morgan fingerprint density at radius 2 is 2.17 bits per heavy atom. The molecule has 1 aromatic carbocycles. The van der Waals surface area contributed by atoms with Gasteiger partial charge in [0.2, 0.25) is 11.8 Å². The highest BCUT2D eigenvalue weighted by Gasteiger charge is 2.09. The van der Waals surface area contributed by atoms with Gasteiger partial charge in [-0.2, -0.15) is 0 Å². The summed E-state index contributed by atoms with van der Waals surface area (Å²) in [6, 6.07) is 5.69. The lowest BCUT2D eigenvalue weighted by Gasteiger charge is -1.99. The lowest BCUT2D eigenvalue weighted by molar-refractivity contribution is 0.495. The molecule has 96 valence electrons. The largest absolute Gasteiger partial charge is 0.421 e. The van der Waals surface area contributed by atoms with Crippen molar-refractivity contribution in [3.8, 4) is 11.5 Å². The number of aryl methyl sites for hydroxylation is 2. The smallest absolute Gasteiger partial charge is 0.247 e. The van der Waals surface area contributed by atoms with E-state index in [-0.39, 0.29) is 0 Å². The van der Waals surface area contributed by atoms with E-state index in [9.17, 15) is 0 Å². The minimum absolute atomic E-state index is 0.550. The number of hydrogen-bond donors (Lipinski definition) is 1. The molecule has 0 atom stereocenters. The van der Waals surface area contributed by atoms with Gasteiger partial charge in [0, 0.05) is 17.0 Å². The maximum atomic E-state index is 5.98. The van der Waals surface area contributed by atoms with Crippen LogP contribution in [-0.2, 0) is 6.42 Å². The van der Waals surface area contributed by atoms with Crippen LogP contribution in [0.2, 0.25) is 5.02 Å². The highest BCUT2D eigenvalue weighted by molar-refractivity contribution is 6.31. The van der Waals surface area contributed by atoms with Crippen molar-refractivity contribution in [1.82, 2.24) is 15.5 Å². The molecule has 0 aliphatic rings. The van der Waals surface area contributed by atoms with E-state index >= 15 is 0 Å². The van der Waals surface area contributed by atoms with Crippen molar-refractivity contribution in [2.45, 2.75) is 19.8 Å². The molecule has 0 aliphatic carbocycles. The Bertz CT molecular complexity index is 525. The van der Waals surface area contributed by atoms with Crippen LogP contribution < -0.4 is 5.32 Å². The second kappa shape index (κ2) is 5.98. The molecule has 0 radical (unpaired) electrons. The standard InChI is InChI=1S/C13H16ClN3O/c1-9-8-10(5-6-11(9)14)13-17-16-12(18-13)4-3-7-15-2/h5-6,8,15H,3-4,7H2,1-2H3. The Morgan fingerprint density at radius 1 is 1.33 bits per heavy atom. The quantitative estimate of drug-likeness (QED) is 0.845. The van der Waals surface area contributed by atoms with Crippen molar-refractivity contribution in [1.29, 1.82) is 0 Å². The zero-order valence-corrected chi connectivity index (χ0v) is 11.3. The van der Waals surface area contributed by atoms with Gasteiger partial charge < -0.3 is 9.73 Å². The molecule has 1 aromatic heterocycles. The molecule has 4 nitrogen and oxygen atoms in total. The van der Waals surface area contributed by atoms with Crippen LogP contribution in [0.15, 0.2) is 22.6 Å². The molecule has 0 spiro atoms. The number of rotatable bonds is 5. The molecule has 1 N–H and O–H groups in total. The maximum Gasteiger partial charge on any atom is 0.247 e. The number of aromatic nitrogens is 2. The van der Waals surface area contributed by atoms with Crippen LogP contribution in [0.5, 0.6) is 0 Å². The number of nitrogens with zero attached hydrogens (tertiary/aromatic N) is 2. The van der Waals surface area contributed by atoms with E-state index in [1.165, 1.54) is 0 Å². The van der Waals surface area contributed by atoms with Crippen molar-refractivity contribution in [2.75, 3.05) is 13.6 Å². The van der Waals surface area contributed by atoms with Crippen molar-refractivity contribution in [3.63, 3.8) is 0 Å². The highest BCUT2D eigenvalue weighted by atomic mass is 35.5. The van der Waals surface area contributed by atoms with E-state index in [0.29, 0.717) is 11.8 Å². The fourth-order valence-electron chi connectivity index (χ4n) is 1.67. The molecule has 2 aromatic rings. The van der Waals surface area contributed by atoms with E-state index in [1.807, 2.05) is 32.2 Å². The molecule has 0 saturated carbocycles. The van der Waals surface area contributed by atoms with Crippen LogP contribution in [0.1, 0.15) is 17.9 Å². The van der Waals surface area contributed by atoms with Crippen LogP contribution in [0.3, 0.4) is 0 Å². The first-order valence-corrected chi connectivity index (χ1v) is 6.32. The molecule has 1 heterocycles. The van der Waals surface area contributed by atoms with Gasteiger partial charge in [0.25, 0.3) is 0 Å². The van der Waals surface area contributed by atoms with Gasteiger partial charge in [-0.15, -0.1) is 10.2 Å². The molecule has 18 heavy (non-hydrogen) atoms. The normalized spacial score (nSPS) is 10.8. The minimum Gasteiger partial charge on any atom is -0.421 e. The van der Waals surface area contributed by atoms with Gasteiger partial charge in [-0.05, 0) is 50.7 Å². The molecular formula is C13H16ClN3O. The number of benzene rings is 1. The summed E-state index contributed by atoms with van der Waals surface area (Å²) in [7, 11) is 1.93. The Hall–Kier alpha value is -1.39. The molecule has 2 rings (SSSR count). The molecule has 0 fully saturated rings. The highest BCUT2D eigenvalue weighted by Crippen LogP contribution is 2.23. The third kappa shape index (κ3) is 3.09. The molecule has 0 aliphatic heterocycles. The summed E-state index contributed by atoms with van der Waals surface area (Å²) < 4.78 is 5.62. The Morgan fingerprint density at radius 3 is 2.89 bits per heavy atom. The molecule has 0 saturated heterocycles. The molecular weight excluding hydrogens is 250 g/mol. The monoisotopic (exact) mass is 265 g/mol. The first-order valence-electron chi connectivity index (χ1n) is 5.94. The fourth-order valence-corrected chi connectivity index (χ4v) is 1.78. The van der Waals surface area contributed by atoms with E-state index in [1.54, 1.807) is 0 Å². The van der Waals surface area contributed by atoms with E-state index < -0.39 is 0 Å². The first-order chi connectivity index (χ1) is 8.70. The topological polar surface area (TPSA) is 51.0 Å². The minimum atomic E-state index is 0.550. The SMILES string of the molecule is CNCCCc1nnc(-c2ccc(Cl)c(C)c2)o1. The van der Waals surface area contributed by atoms with Crippen LogP contribution in [0.25, 0.3) is 11.5 Å². The average Bonchev–Trinajstić information content (AvgIpc) is 2.82. The number of nitrogens with one attached hydrogen (secondary N) is 1. The van der Waals surface area contributed by atoms with Crippen molar-refractivity contribution in [2.24, 2.45) is 0 Å². The van der Waals surface area contributed by atoms with Gasteiger partial charge in [-0.25, -0.2) is 0 Å². The summed E-state index contributed by atoms with van der Waals surface area (Å²) in [5, 5.41) is 11.9. The van der Waals surface area contributed by atoms with Gasteiger partial charge in [-0.3, -0.25) is 0 Å². The fraction of sp³-hybridized carbons (Fsp3) is 0.385. The zero-order chi connectivity index (χ0) is 13.0. The molecule has 5 heteroatoms. The molecule has 0 amide bonds. The van der Waals surface area contributed by atoms with Crippen molar-refractivity contribution in [3.05, 3.63) is 34.7 Å². The number of halogens is 1. The van der Waals surface area contributed by atoms with Gasteiger partial charge in [-0.1, -0.05) is 11.6 Å². The average molecular weight is 266 g/mol. The summed E-state index contributed by atoms with van der Waals surface area (Å²) in [6.07, 6.45) is 1.78. The lowest BCUT2D eigenvalue weighted by Crippen LogP contribution is -2.08. The summed E-state index contributed by atoms with van der Waals surface area (Å²) in [5.74, 6) is 1.22. The van der Waals surface area contributed by atoms with Crippen LogP contribution >= 0.6 is 11.6 Å². The lowest BCUT2D eigenvalue weighted by atomic mass is 10.1. The van der Waals surface area contributed by atoms with Crippen LogP contribution in [-0.4, -0.2) is 23.8 Å². The summed E-state index contributed by atoms with van der Waals surface area (Å²) in [6.45, 7) is 2.90. The third-order valence-electron chi connectivity index (χ3n) is 2.69. The predicted molar refractivity (Wildman–Crippen MR) is 71.7 cm³/mol.